The number of nitro groups is 3. The number of carbonyl (C=O) groups excluding carboxylic acids is 2. The van der Waals surface area contributed by atoms with E-state index in [-0.39, 0.29) is 57.4 Å². The lowest BCUT2D eigenvalue weighted by Gasteiger charge is -2.23. The number of nitrogens with zero attached hydrogens (tertiary/aromatic N) is 3. The third-order valence-corrected chi connectivity index (χ3v) is 9.96. The predicted octanol–water partition coefficient (Wildman–Crippen LogP) is 13.1. The molecule has 0 saturated carbocycles. The highest BCUT2D eigenvalue weighted by molar-refractivity contribution is 6.00. The number of rotatable bonds is 13. The highest BCUT2D eigenvalue weighted by Gasteiger charge is 2.42. The Hall–Kier alpha value is -9.95. The number of hydrogen-bond acceptors (Lipinski definition) is 14. The molecule has 0 bridgehead atoms. The van der Waals surface area contributed by atoms with Crippen molar-refractivity contribution in [2.24, 2.45) is 0 Å². The molecule has 77 heavy (non-hydrogen) atoms. The van der Waals surface area contributed by atoms with Gasteiger partial charge in [-0.05, 0) is 53.1 Å². The molecule has 7 rings (SSSR count). The summed E-state index contributed by atoms with van der Waals surface area (Å²) in [4.78, 5) is 52.9. The minimum absolute atomic E-state index is 0.00878. The number of hydrogen-bond donors (Lipinski definition) is 6. The summed E-state index contributed by atoms with van der Waals surface area (Å²) >= 11 is 0. The Balaban J connectivity index is 0.000000244. The van der Waals surface area contributed by atoms with E-state index in [0.717, 1.165) is 35.9 Å². The number of benzene rings is 7. The zero-order chi connectivity index (χ0) is 57.1. The topological polar surface area (TPSA) is 287 Å². The maximum Gasteiger partial charge on any atom is 0.454 e. The molecule has 2 atom stereocenters. The number of carbonyl (C=O) groups is 2. The highest BCUT2D eigenvalue weighted by atomic mass is 19.4. The van der Waals surface area contributed by atoms with Gasteiger partial charge in [-0.1, -0.05) is 121 Å². The van der Waals surface area contributed by atoms with E-state index in [2.05, 4.69) is 16.0 Å². The molecule has 0 aliphatic rings. The molecular formula is C50H42F9N9O9. The lowest BCUT2D eigenvalue weighted by atomic mass is 10.1. The summed E-state index contributed by atoms with van der Waals surface area (Å²) in [6.07, 6.45) is -14.9. The smallest absolute Gasteiger partial charge is 0.444 e. The van der Waals surface area contributed by atoms with Crippen LogP contribution in [0.2, 0.25) is 0 Å². The molecule has 0 aliphatic carbocycles. The zero-order valence-corrected chi connectivity index (χ0v) is 39.3. The van der Waals surface area contributed by atoms with E-state index in [9.17, 15) is 79.4 Å². The minimum Gasteiger partial charge on any atom is -0.444 e. The van der Waals surface area contributed by atoms with E-state index in [1.54, 1.807) is 48.5 Å². The van der Waals surface area contributed by atoms with Gasteiger partial charge >= 0.3 is 24.6 Å². The molecule has 0 fully saturated rings. The summed E-state index contributed by atoms with van der Waals surface area (Å²) in [7, 11) is 0. The summed E-state index contributed by atoms with van der Waals surface area (Å²) in [5, 5.41) is 39.3. The summed E-state index contributed by atoms with van der Waals surface area (Å²) < 4.78 is 121. The lowest BCUT2D eigenvalue weighted by Crippen LogP contribution is -2.27. The maximum atomic E-state index is 13.6. The van der Waals surface area contributed by atoms with Crippen molar-refractivity contribution in [2.75, 3.05) is 33.2 Å². The number of nitrogens with one attached hydrogen (secondary N) is 3. The maximum absolute atomic E-state index is 13.6. The van der Waals surface area contributed by atoms with Crippen molar-refractivity contribution < 1.29 is 68.6 Å². The monoisotopic (exact) mass is 1080 g/mol. The van der Waals surface area contributed by atoms with Crippen molar-refractivity contribution in [2.45, 2.75) is 37.2 Å². The fourth-order valence-corrected chi connectivity index (χ4v) is 6.34. The Bertz CT molecular complexity index is 3110. The summed E-state index contributed by atoms with van der Waals surface area (Å²) in [6.45, 7) is -0.0511. The number of nitrogen functional groups attached to an aromatic ring is 3. The molecule has 0 heterocycles. The van der Waals surface area contributed by atoms with Gasteiger partial charge in [0.25, 0.3) is 22.8 Å². The van der Waals surface area contributed by atoms with Crippen LogP contribution in [0.25, 0.3) is 0 Å². The number of halogens is 9. The second-order valence-electron chi connectivity index (χ2n) is 15.5. The first-order valence-electron chi connectivity index (χ1n) is 21.7. The number of ketones is 1. The van der Waals surface area contributed by atoms with E-state index >= 15 is 0 Å². The Morgan fingerprint density at radius 3 is 1.31 bits per heavy atom. The first-order chi connectivity index (χ1) is 36.1. The first kappa shape index (κ1) is 59.6. The van der Waals surface area contributed by atoms with Gasteiger partial charge in [0.2, 0.25) is 0 Å². The second kappa shape index (κ2) is 26.8. The van der Waals surface area contributed by atoms with Crippen LogP contribution in [-0.2, 0) is 11.3 Å². The first-order valence-corrected chi connectivity index (χ1v) is 21.7. The number of amides is 1. The summed E-state index contributed by atoms with van der Waals surface area (Å²) in [5.41, 5.74) is 15.2. The molecule has 0 spiro atoms. The third kappa shape index (κ3) is 18.8. The van der Waals surface area contributed by atoms with Crippen LogP contribution in [-0.4, -0.2) is 45.2 Å². The largest absolute Gasteiger partial charge is 0.454 e. The molecule has 7 aromatic rings. The summed E-state index contributed by atoms with van der Waals surface area (Å²) in [6, 6.07) is 36.6. The number of anilines is 6. The molecule has 7 aromatic carbocycles. The summed E-state index contributed by atoms with van der Waals surface area (Å²) in [5.74, 6) is -1.80. The van der Waals surface area contributed by atoms with Gasteiger partial charge in [-0.15, -0.1) is 0 Å². The van der Waals surface area contributed by atoms with Crippen LogP contribution < -0.4 is 33.2 Å². The Labute approximate surface area is 429 Å². The molecule has 0 radical (unpaired) electrons. The van der Waals surface area contributed by atoms with Crippen LogP contribution >= 0.6 is 0 Å². The van der Waals surface area contributed by atoms with Gasteiger partial charge in [0.1, 0.15) is 35.8 Å². The van der Waals surface area contributed by atoms with E-state index in [1.165, 1.54) is 97.1 Å². The quantitative estimate of drug-likeness (QED) is 0.0206. The van der Waals surface area contributed by atoms with Crippen molar-refractivity contribution in [3.63, 3.8) is 0 Å². The third-order valence-electron chi connectivity index (χ3n) is 9.96. The van der Waals surface area contributed by atoms with E-state index in [4.69, 9.17) is 21.9 Å². The van der Waals surface area contributed by atoms with Gasteiger partial charge in [0, 0.05) is 40.8 Å². The average molecular weight is 1080 g/mol. The molecule has 0 saturated heterocycles. The van der Waals surface area contributed by atoms with Crippen molar-refractivity contribution in [3.05, 3.63) is 229 Å². The van der Waals surface area contributed by atoms with Gasteiger partial charge in [-0.3, -0.25) is 40.5 Å². The van der Waals surface area contributed by atoms with E-state index in [1.807, 2.05) is 0 Å². The normalized spacial score (nSPS) is 11.7. The van der Waals surface area contributed by atoms with Crippen LogP contribution in [0.4, 0.5) is 95.5 Å². The van der Waals surface area contributed by atoms with Crippen LogP contribution in [0, 0.1) is 30.3 Å². The fraction of sp³-hybridized carbons (Fsp3) is 0.120. The molecular weight excluding hydrogens is 1040 g/mol. The Morgan fingerprint density at radius 1 is 0.506 bits per heavy atom. The van der Waals surface area contributed by atoms with Gasteiger partial charge in [0.15, 0.2) is 0 Å². The Kier molecular flexibility index (Phi) is 20.8. The number of nitro benzene ring substituents is 3. The van der Waals surface area contributed by atoms with Gasteiger partial charge < -0.3 is 32.6 Å². The highest BCUT2D eigenvalue weighted by Crippen LogP contribution is 2.39. The molecule has 2 unspecified atom stereocenters. The fourth-order valence-electron chi connectivity index (χ4n) is 6.34. The zero-order valence-electron chi connectivity index (χ0n) is 39.3. The molecule has 1 amide bonds. The molecule has 18 nitrogen and oxygen atoms in total. The number of alkyl halides is 9. The predicted molar refractivity (Wildman–Crippen MR) is 267 cm³/mol. The number of ether oxygens (including phenoxy) is 1. The van der Waals surface area contributed by atoms with Gasteiger partial charge in [-0.2, -0.15) is 39.5 Å². The van der Waals surface area contributed by atoms with Crippen molar-refractivity contribution in [1.82, 2.24) is 0 Å². The van der Waals surface area contributed by atoms with Crippen molar-refractivity contribution in [3.8, 4) is 0 Å². The SMILES string of the molecule is Nc1ccc(N)c([N+](=O)[O-])c1.Nc1ccc(NC(c2ccccc2)C(F)(F)F)cc1[N+](=O)[O-].O=C(Nc1ccc(NC(c2ccccc2)C(F)(F)F)cc1[N+](=O)[O-])OCc1ccccc1.O=C(c1ccccc1)C(F)(F)F. The van der Waals surface area contributed by atoms with Crippen molar-refractivity contribution in [1.29, 1.82) is 0 Å². The average Bonchev–Trinajstić information content (AvgIpc) is 3.38. The van der Waals surface area contributed by atoms with E-state index in [0.29, 0.717) is 5.69 Å². The molecule has 0 aliphatic heterocycles. The Morgan fingerprint density at radius 2 is 0.896 bits per heavy atom. The molecule has 404 valence electrons. The van der Waals surface area contributed by atoms with Crippen LogP contribution in [0.15, 0.2) is 176 Å². The van der Waals surface area contributed by atoms with Crippen LogP contribution in [0.1, 0.15) is 39.1 Å². The molecule has 0 aromatic heterocycles. The van der Waals surface area contributed by atoms with Crippen LogP contribution in [0.5, 0.6) is 0 Å². The van der Waals surface area contributed by atoms with Gasteiger partial charge in [0.05, 0.1) is 14.8 Å². The van der Waals surface area contributed by atoms with E-state index < -0.39 is 68.6 Å². The van der Waals surface area contributed by atoms with Crippen LogP contribution in [0.3, 0.4) is 0 Å². The van der Waals surface area contributed by atoms with Gasteiger partial charge in [-0.25, -0.2) is 4.79 Å². The minimum atomic E-state index is -4.78. The number of nitrogens with two attached hydrogens (primary N) is 3. The molecule has 9 N–H and O–H groups in total. The second-order valence-corrected chi connectivity index (χ2v) is 15.5. The standard InChI is InChI=1S/C22H18F3N3O4.C14H12F3N3O2.C8H5F3O.C6H7N3O2/c23-22(24,25)20(16-9-5-2-6-10-16)26-17-11-12-18(19(13-17)28(30)31)27-21(29)32-14-15-7-3-1-4-8-15;15-14(16,17)13(9-4-2-1-3-5-9)19-10-6-7-11(18)12(8-10)20(21)22;9-8(10,11)7(12)6-4-2-1-3-5-6;7-4-1-2-5(8)6(3-4)9(10)11/h1-13,20,26H,14H2,(H,27,29);1-8,13,19H,18H2;1-5H;1-3H,7-8H2. The number of Topliss-reactive ketones (excluding diaryl/α,β-unsaturated/α-hetero) is 1. The molecule has 27 heteroatoms. The lowest BCUT2D eigenvalue weighted by molar-refractivity contribution is -0.384. The van der Waals surface area contributed by atoms with Crippen molar-refractivity contribution >= 4 is 63.1 Å².